The van der Waals surface area contributed by atoms with E-state index in [1.165, 1.54) is 0 Å². The molecule has 3 atom stereocenters. The standard InChI is InChI=1S/C29H37N5O3/c1-19(2)15-16-26(35)31-24(18-27(36)34-17-9-14-25(34)21-10-5-4-6-11-21)29(37)30-20(3)28-32-22-12-7-8-13-23(22)33-28/h4-8,10-12,19-20,24-25H,9,13-18H2,1-3H3,(H,30,37)(H,31,35)/t20?,24-,25+/m0/s1. The molecule has 0 spiro atoms. The van der Waals surface area contributed by atoms with Gasteiger partial charge in [0, 0.05) is 19.4 Å². The average Bonchev–Trinajstić information content (AvgIpc) is 3.55. The van der Waals surface area contributed by atoms with E-state index in [9.17, 15) is 14.4 Å². The average molecular weight is 504 g/mol. The lowest BCUT2D eigenvalue weighted by atomic mass is 10.0. The third-order valence-electron chi connectivity index (χ3n) is 6.96. The zero-order valence-corrected chi connectivity index (χ0v) is 21.9. The molecule has 3 amide bonds. The van der Waals surface area contributed by atoms with Gasteiger partial charge in [-0.05, 0) is 43.7 Å². The van der Waals surface area contributed by atoms with Crippen molar-refractivity contribution < 1.29 is 14.4 Å². The Morgan fingerprint density at radius 2 is 1.86 bits per heavy atom. The number of allylic oxidation sites excluding steroid dienone is 4. The van der Waals surface area contributed by atoms with Gasteiger partial charge >= 0.3 is 0 Å². The van der Waals surface area contributed by atoms with Crippen molar-refractivity contribution in [3.05, 3.63) is 59.8 Å². The van der Waals surface area contributed by atoms with Crippen LogP contribution in [0.15, 0.2) is 64.2 Å². The molecular weight excluding hydrogens is 466 g/mol. The molecule has 1 aliphatic carbocycles. The molecule has 8 heteroatoms. The minimum atomic E-state index is -0.968. The summed E-state index contributed by atoms with van der Waals surface area (Å²) in [5.41, 5.74) is 2.79. The van der Waals surface area contributed by atoms with Crippen molar-refractivity contribution in [3.63, 3.8) is 0 Å². The Bertz CT molecular complexity index is 1140. The highest BCUT2D eigenvalue weighted by atomic mass is 16.2. The van der Waals surface area contributed by atoms with Gasteiger partial charge in [0.25, 0.3) is 0 Å². The summed E-state index contributed by atoms with van der Waals surface area (Å²) in [7, 11) is 0. The van der Waals surface area contributed by atoms with Gasteiger partial charge < -0.3 is 15.5 Å². The van der Waals surface area contributed by atoms with Crippen LogP contribution in [0.25, 0.3) is 0 Å². The lowest BCUT2D eigenvalue weighted by Gasteiger charge is -2.28. The Morgan fingerprint density at radius 3 is 2.59 bits per heavy atom. The molecule has 2 N–H and O–H groups in total. The lowest BCUT2D eigenvalue weighted by Crippen LogP contribution is -2.52. The maximum Gasteiger partial charge on any atom is 0.243 e. The van der Waals surface area contributed by atoms with Crippen LogP contribution in [0.5, 0.6) is 0 Å². The van der Waals surface area contributed by atoms with Crippen LogP contribution in [0.3, 0.4) is 0 Å². The first-order chi connectivity index (χ1) is 17.8. The number of nitrogens with one attached hydrogen (secondary N) is 2. The van der Waals surface area contributed by atoms with Gasteiger partial charge in [-0.3, -0.25) is 14.4 Å². The second-order valence-corrected chi connectivity index (χ2v) is 10.4. The SMILES string of the molecule is CC(C)CCC(=O)N[C@@H](CC(=O)N1CCC[C@@H]1c1ccccc1)C(=O)NC(C)C1=NC2=CC=CCC2=N1. The minimum Gasteiger partial charge on any atom is -0.345 e. The molecule has 1 fully saturated rings. The van der Waals surface area contributed by atoms with Gasteiger partial charge in [-0.25, -0.2) is 9.98 Å². The maximum absolute atomic E-state index is 13.4. The molecule has 4 rings (SSSR count). The van der Waals surface area contributed by atoms with Crippen molar-refractivity contribution in [2.45, 2.75) is 77.4 Å². The number of rotatable bonds is 10. The molecule has 2 heterocycles. The van der Waals surface area contributed by atoms with Crippen molar-refractivity contribution in [2.75, 3.05) is 6.54 Å². The summed E-state index contributed by atoms with van der Waals surface area (Å²) in [5.74, 6) is 0.125. The first kappa shape index (κ1) is 26.5. The zero-order chi connectivity index (χ0) is 26.4. The number of fused-ring (bicyclic) bond motifs is 1. The molecule has 8 nitrogen and oxygen atoms in total. The van der Waals surface area contributed by atoms with Crippen LogP contribution in [-0.4, -0.2) is 52.8 Å². The van der Waals surface area contributed by atoms with Gasteiger partial charge in [-0.2, -0.15) is 0 Å². The first-order valence-electron chi connectivity index (χ1n) is 13.3. The summed E-state index contributed by atoms with van der Waals surface area (Å²) in [4.78, 5) is 50.5. The first-order valence-corrected chi connectivity index (χ1v) is 13.3. The Kier molecular flexibility index (Phi) is 8.69. The molecule has 0 radical (unpaired) electrons. The van der Waals surface area contributed by atoms with Crippen LogP contribution in [-0.2, 0) is 14.4 Å². The van der Waals surface area contributed by atoms with Crippen LogP contribution in [0, 0.1) is 5.92 Å². The lowest BCUT2D eigenvalue weighted by molar-refractivity contribution is -0.137. The molecular formula is C29H37N5O3. The third kappa shape index (κ3) is 6.81. The predicted molar refractivity (Wildman–Crippen MR) is 145 cm³/mol. The summed E-state index contributed by atoms with van der Waals surface area (Å²) in [6, 6.07) is 8.53. The largest absolute Gasteiger partial charge is 0.345 e. The summed E-state index contributed by atoms with van der Waals surface area (Å²) >= 11 is 0. The number of hydrogen-bond acceptors (Lipinski definition) is 5. The molecule has 1 aromatic rings. The number of carbonyl (C=O) groups excluding carboxylic acids is 3. The topological polar surface area (TPSA) is 103 Å². The second-order valence-electron chi connectivity index (χ2n) is 10.4. The fourth-order valence-electron chi connectivity index (χ4n) is 4.88. The van der Waals surface area contributed by atoms with E-state index < -0.39 is 18.0 Å². The van der Waals surface area contributed by atoms with Crippen molar-refractivity contribution in [1.82, 2.24) is 15.5 Å². The van der Waals surface area contributed by atoms with Crippen LogP contribution in [0.1, 0.15) is 70.9 Å². The van der Waals surface area contributed by atoms with E-state index in [-0.39, 0.29) is 24.3 Å². The Morgan fingerprint density at radius 1 is 1.08 bits per heavy atom. The van der Waals surface area contributed by atoms with E-state index in [1.807, 2.05) is 74.2 Å². The van der Waals surface area contributed by atoms with Crippen molar-refractivity contribution in [3.8, 4) is 0 Å². The summed E-state index contributed by atoms with van der Waals surface area (Å²) in [5, 5.41) is 5.76. The smallest absolute Gasteiger partial charge is 0.243 e. The molecule has 1 aromatic carbocycles. The quantitative estimate of drug-likeness (QED) is 0.507. The van der Waals surface area contributed by atoms with E-state index in [0.29, 0.717) is 37.6 Å². The molecule has 0 aromatic heterocycles. The third-order valence-corrected chi connectivity index (χ3v) is 6.96. The number of aliphatic imine (C=N–C) groups is 2. The number of benzene rings is 1. The highest BCUT2D eigenvalue weighted by Crippen LogP contribution is 2.32. The van der Waals surface area contributed by atoms with Crippen LogP contribution in [0.2, 0.25) is 0 Å². The van der Waals surface area contributed by atoms with Gasteiger partial charge in [0.05, 0.1) is 29.9 Å². The second kappa shape index (κ2) is 12.1. The van der Waals surface area contributed by atoms with Gasteiger partial charge in [-0.1, -0.05) is 56.3 Å². The number of hydrogen-bond donors (Lipinski definition) is 2. The number of amides is 3. The Hall–Kier alpha value is -3.55. The zero-order valence-electron chi connectivity index (χ0n) is 21.9. The highest BCUT2D eigenvalue weighted by Gasteiger charge is 2.34. The fourth-order valence-corrected chi connectivity index (χ4v) is 4.88. The number of nitrogens with zero attached hydrogens (tertiary/aromatic N) is 3. The van der Waals surface area contributed by atoms with Crippen LogP contribution < -0.4 is 10.6 Å². The number of carbonyl (C=O) groups is 3. The van der Waals surface area contributed by atoms with E-state index in [1.54, 1.807) is 0 Å². The predicted octanol–water partition coefficient (Wildman–Crippen LogP) is 3.86. The van der Waals surface area contributed by atoms with E-state index >= 15 is 0 Å². The van der Waals surface area contributed by atoms with Crippen molar-refractivity contribution in [1.29, 1.82) is 0 Å². The molecule has 196 valence electrons. The summed E-state index contributed by atoms with van der Waals surface area (Å²) in [6.07, 6.45) is 9.29. The maximum atomic E-state index is 13.4. The highest BCUT2D eigenvalue weighted by molar-refractivity contribution is 6.15. The number of amidine groups is 1. The molecule has 0 saturated carbocycles. The summed E-state index contributed by atoms with van der Waals surface area (Å²) in [6.45, 7) is 6.55. The summed E-state index contributed by atoms with van der Waals surface area (Å²) < 4.78 is 0. The van der Waals surface area contributed by atoms with Gasteiger partial charge in [0.15, 0.2) is 5.84 Å². The van der Waals surface area contributed by atoms with Gasteiger partial charge in [-0.15, -0.1) is 0 Å². The van der Waals surface area contributed by atoms with E-state index in [4.69, 9.17) is 0 Å². The van der Waals surface area contributed by atoms with Crippen LogP contribution >= 0.6 is 0 Å². The van der Waals surface area contributed by atoms with Crippen LogP contribution in [0.4, 0.5) is 0 Å². The van der Waals surface area contributed by atoms with Gasteiger partial charge in [0.1, 0.15) is 6.04 Å². The van der Waals surface area contributed by atoms with Gasteiger partial charge in [0.2, 0.25) is 17.7 Å². The fraction of sp³-hybridized carbons (Fsp3) is 0.483. The molecule has 1 saturated heterocycles. The molecule has 0 bridgehead atoms. The van der Waals surface area contributed by atoms with Crippen molar-refractivity contribution in [2.24, 2.45) is 15.9 Å². The normalized spacial score (nSPS) is 20.1. The Balaban J connectivity index is 1.45. The monoisotopic (exact) mass is 503 g/mol. The number of likely N-dealkylation sites (tertiary alicyclic amines) is 1. The minimum absolute atomic E-state index is 0.0122. The van der Waals surface area contributed by atoms with E-state index in [0.717, 1.165) is 29.8 Å². The van der Waals surface area contributed by atoms with Crippen molar-refractivity contribution >= 4 is 29.3 Å². The molecule has 3 aliphatic rings. The molecule has 2 aliphatic heterocycles. The molecule has 37 heavy (non-hydrogen) atoms. The Labute approximate surface area is 219 Å². The van der Waals surface area contributed by atoms with E-state index in [2.05, 4.69) is 20.6 Å². The molecule has 1 unspecified atom stereocenters.